The number of aryl methyl sites for hydroxylation is 2. The molecule has 2 aromatic rings. The summed E-state index contributed by atoms with van der Waals surface area (Å²) in [5, 5.41) is 4.19. The molecule has 0 aliphatic rings. The molecule has 0 aliphatic heterocycles. The third-order valence-corrected chi connectivity index (χ3v) is 3.56. The number of halogens is 1. The summed E-state index contributed by atoms with van der Waals surface area (Å²) in [5.74, 6) is 0. The summed E-state index contributed by atoms with van der Waals surface area (Å²) >= 11 is 6.06. The molecule has 0 amide bonds. The summed E-state index contributed by atoms with van der Waals surface area (Å²) in [6.45, 7) is 6.73. The second-order valence-electron chi connectivity index (χ2n) is 4.86. The highest BCUT2D eigenvalue weighted by Crippen LogP contribution is 2.19. The van der Waals surface area contributed by atoms with Gasteiger partial charge in [0.15, 0.2) is 0 Å². The molecule has 1 N–H and O–H groups in total. The Labute approximate surface area is 126 Å². The van der Waals surface area contributed by atoms with Gasteiger partial charge in [-0.05, 0) is 50.0 Å². The van der Waals surface area contributed by atoms with Crippen LogP contribution in [0.1, 0.15) is 18.1 Å². The maximum absolute atomic E-state index is 6.06. The van der Waals surface area contributed by atoms with E-state index in [1.807, 2.05) is 38.1 Å². The summed E-state index contributed by atoms with van der Waals surface area (Å²) in [7, 11) is -0.152. The molecule has 0 atom stereocenters. The van der Waals surface area contributed by atoms with Crippen molar-refractivity contribution < 1.29 is 4.65 Å². The number of anilines is 1. The molecule has 0 heterocycles. The molecular formula is C16H19BClNO. The van der Waals surface area contributed by atoms with Crippen molar-refractivity contribution in [3.8, 4) is 0 Å². The van der Waals surface area contributed by atoms with Crippen LogP contribution < -0.4 is 10.7 Å². The summed E-state index contributed by atoms with van der Waals surface area (Å²) in [4.78, 5) is 0. The number of hydrogen-bond acceptors (Lipinski definition) is 2. The monoisotopic (exact) mass is 287 g/mol. The molecule has 0 saturated carbocycles. The Morgan fingerprint density at radius 1 is 1.15 bits per heavy atom. The van der Waals surface area contributed by atoms with Crippen molar-refractivity contribution >= 4 is 29.8 Å². The lowest BCUT2D eigenvalue weighted by Gasteiger charge is -2.17. The second-order valence-corrected chi connectivity index (χ2v) is 5.27. The molecule has 0 unspecified atom stereocenters. The van der Waals surface area contributed by atoms with Crippen molar-refractivity contribution in [2.24, 2.45) is 0 Å². The topological polar surface area (TPSA) is 21.3 Å². The van der Waals surface area contributed by atoms with Crippen LogP contribution in [0.2, 0.25) is 5.02 Å². The van der Waals surface area contributed by atoms with Crippen molar-refractivity contribution in [1.29, 1.82) is 0 Å². The highest BCUT2D eigenvalue weighted by Gasteiger charge is 2.19. The van der Waals surface area contributed by atoms with Crippen LogP contribution in [-0.4, -0.2) is 13.7 Å². The van der Waals surface area contributed by atoms with Gasteiger partial charge in [0.25, 0.3) is 0 Å². The van der Waals surface area contributed by atoms with Gasteiger partial charge >= 0.3 is 7.05 Å². The maximum Gasteiger partial charge on any atom is 0.449 e. The van der Waals surface area contributed by atoms with Crippen LogP contribution in [-0.2, 0) is 4.65 Å². The van der Waals surface area contributed by atoms with E-state index in [2.05, 4.69) is 30.4 Å². The number of rotatable bonds is 5. The molecule has 104 valence electrons. The van der Waals surface area contributed by atoms with E-state index in [1.54, 1.807) is 0 Å². The molecule has 0 spiro atoms. The van der Waals surface area contributed by atoms with Gasteiger partial charge in [0.05, 0.1) is 0 Å². The Morgan fingerprint density at radius 3 is 2.60 bits per heavy atom. The van der Waals surface area contributed by atoms with E-state index in [-0.39, 0.29) is 7.05 Å². The second kappa shape index (κ2) is 6.82. The van der Waals surface area contributed by atoms with Crippen LogP contribution in [0.4, 0.5) is 5.69 Å². The van der Waals surface area contributed by atoms with Crippen LogP contribution in [0.25, 0.3) is 0 Å². The molecule has 0 bridgehead atoms. The van der Waals surface area contributed by atoms with E-state index in [9.17, 15) is 0 Å². The van der Waals surface area contributed by atoms with Crippen molar-refractivity contribution in [3.05, 3.63) is 58.6 Å². The van der Waals surface area contributed by atoms with E-state index >= 15 is 0 Å². The third kappa shape index (κ3) is 3.78. The van der Waals surface area contributed by atoms with Gasteiger partial charge in [-0.3, -0.25) is 0 Å². The smallest absolute Gasteiger partial charge is 0.413 e. The predicted molar refractivity (Wildman–Crippen MR) is 88.0 cm³/mol. The zero-order chi connectivity index (χ0) is 14.5. The Balaban J connectivity index is 2.22. The molecule has 0 radical (unpaired) electrons. The minimum atomic E-state index is -0.152. The van der Waals surface area contributed by atoms with Gasteiger partial charge < -0.3 is 9.88 Å². The Morgan fingerprint density at radius 2 is 1.95 bits per heavy atom. The van der Waals surface area contributed by atoms with Crippen LogP contribution in [0.3, 0.4) is 0 Å². The quantitative estimate of drug-likeness (QED) is 0.845. The first-order chi connectivity index (χ1) is 9.60. The Bertz CT molecular complexity index is 588. The van der Waals surface area contributed by atoms with Gasteiger partial charge in [-0.25, -0.2) is 0 Å². The number of benzene rings is 2. The zero-order valence-corrected chi connectivity index (χ0v) is 12.9. The first-order valence-corrected chi connectivity index (χ1v) is 7.19. The molecule has 2 aromatic carbocycles. The summed E-state index contributed by atoms with van der Waals surface area (Å²) in [6, 6.07) is 14.2. The van der Waals surface area contributed by atoms with Crippen LogP contribution in [0, 0.1) is 13.8 Å². The molecule has 0 fully saturated rings. The van der Waals surface area contributed by atoms with Crippen LogP contribution in [0.15, 0.2) is 42.5 Å². The molecule has 4 heteroatoms. The van der Waals surface area contributed by atoms with Crippen LogP contribution >= 0.6 is 11.6 Å². The molecule has 2 nitrogen and oxygen atoms in total. The largest absolute Gasteiger partial charge is 0.449 e. The Hall–Kier alpha value is -1.45. The number of hydrogen-bond donors (Lipinski definition) is 1. The van der Waals surface area contributed by atoms with Gasteiger partial charge in [-0.2, -0.15) is 0 Å². The van der Waals surface area contributed by atoms with Gasteiger partial charge in [0.1, 0.15) is 0 Å². The lowest BCUT2D eigenvalue weighted by molar-refractivity contribution is 0.354. The first-order valence-electron chi connectivity index (χ1n) is 6.81. The van der Waals surface area contributed by atoms with Crippen molar-refractivity contribution in [1.82, 2.24) is 0 Å². The van der Waals surface area contributed by atoms with Gasteiger partial charge in [-0.1, -0.05) is 41.4 Å². The first kappa shape index (κ1) is 15.0. The summed E-state index contributed by atoms with van der Waals surface area (Å²) in [6.07, 6.45) is 0. The van der Waals surface area contributed by atoms with Gasteiger partial charge in [-0.15, -0.1) is 0 Å². The average Bonchev–Trinajstić information content (AvgIpc) is 2.42. The van der Waals surface area contributed by atoms with Gasteiger partial charge in [0.2, 0.25) is 0 Å². The highest BCUT2D eigenvalue weighted by atomic mass is 35.5. The third-order valence-electron chi connectivity index (χ3n) is 3.13. The average molecular weight is 288 g/mol. The lowest BCUT2D eigenvalue weighted by atomic mass is 9.72. The van der Waals surface area contributed by atoms with E-state index in [0.717, 1.165) is 21.7 Å². The van der Waals surface area contributed by atoms with Crippen molar-refractivity contribution in [3.63, 3.8) is 0 Å². The van der Waals surface area contributed by atoms with Gasteiger partial charge in [0, 0.05) is 17.3 Å². The maximum atomic E-state index is 6.06. The van der Waals surface area contributed by atoms with E-state index in [1.165, 1.54) is 5.56 Å². The highest BCUT2D eigenvalue weighted by molar-refractivity contribution is 6.70. The molecule has 0 aromatic heterocycles. The van der Waals surface area contributed by atoms with E-state index < -0.39 is 0 Å². The minimum absolute atomic E-state index is 0.152. The standard InChI is InChI=1S/C16H19BClNO/c1-4-20-17(14-7-5-6-12(2)10-14)19-15-8-9-16(18)13(3)11-15/h5-11,19H,4H2,1-3H3. The minimum Gasteiger partial charge on any atom is -0.413 e. The SMILES string of the molecule is CCOB(Nc1ccc(Cl)c(C)c1)c1cccc(C)c1. The van der Waals surface area contributed by atoms with Crippen molar-refractivity contribution in [2.75, 3.05) is 11.8 Å². The Kier molecular flexibility index (Phi) is 5.10. The fourth-order valence-electron chi connectivity index (χ4n) is 2.11. The molecule has 20 heavy (non-hydrogen) atoms. The molecule has 0 saturated heterocycles. The van der Waals surface area contributed by atoms with Crippen molar-refractivity contribution in [2.45, 2.75) is 20.8 Å². The predicted octanol–water partition coefficient (Wildman–Crippen LogP) is 3.80. The molecule has 2 rings (SSSR count). The lowest BCUT2D eigenvalue weighted by Crippen LogP contribution is -2.41. The summed E-state index contributed by atoms with van der Waals surface area (Å²) in [5.41, 5.74) is 4.41. The summed E-state index contributed by atoms with van der Waals surface area (Å²) < 4.78 is 5.81. The fourth-order valence-corrected chi connectivity index (χ4v) is 2.22. The van der Waals surface area contributed by atoms with Crippen LogP contribution in [0.5, 0.6) is 0 Å². The zero-order valence-electron chi connectivity index (χ0n) is 12.1. The molecule has 0 aliphatic carbocycles. The number of nitrogens with one attached hydrogen (secondary N) is 1. The van der Waals surface area contributed by atoms with E-state index in [0.29, 0.717) is 6.61 Å². The van der Waals surface area contributed by atoms with E-state index in [4.69, 9.17) is 16.3 Å². The molecular weight excluding hydrogens is 268 g/mol. The normalized spacial score (nSPS) is 10.4. The fraction of sp³-hybridized carbons (Fsp3) is 0.250.